The van der Waals surface area contributed by atoms with Crippen LogP contribution in [0.25, 0.3) is 0 Å². The predicted octanol–water partition coefficient (Wildman–Crippen LogP) is 4.78. The molecule has 0 saturated carbocycles. The topological polar surface area (TPSA) is 127 Å². The van der Waals surface area contributed by atoms with Crippen molar-refractivity contribution in [2.24, 2.45) is 0 Å². The number of alkyl halides is 3. The smallest absolute Gasteiger partial charge is 0.416 e. The molecule has 3 aliphatic rings. The normalized spacial score (nSPS) is 21.8. The Morgan fingerprint density at radius 2 is 1.63 bits per heavy atom. The number of halogens is 3. The third kappa shape index (κ3) is 6.32. The van der Waals surface area contributed by atoms with Crippen molar-refractivity contribution in [1.29, 1.82) is 0 Å². The zero-order valence-corrected chi connectivity index (χ0v) is 22.6. The van der Waals surface area contributed by atoms with E-state index in [-0.39, 0.29) is 37.3 Å². The minimum absolute atomic E-state index is 0.0765. The van der Waals surface area contributed by atoms with Gasteiger partial charge in [-0.3, -0.25) is 4.79 Å². The monoisotopic (exact) mass is 599 g/mol. The SMILES string of the molecule is O=C(C[C@H]1C[C@H]2c3cc(NC(=O)Nc4ccc(C(F)(F)F)cc4)ccc3O[C@H]2[C@H](CO)O1)NCc1ccc2c(c1)OCO2. The van der Waals surface area contributed by atoms with Crippen LogP contribution < -0.4 is 30.2 Å². The van der Waals surface area contributed by atoms with E-state index in [0.29, 0.717) is 35.9 Å². The fraction of sp³-hybridized carbons (Fsp3) is 0.333. The molecule has 4 atom stereocenters. The van der Waals surface area contributed by atoms with E-state index < -0.39 is 36.1 Å². The Labute approximate surface area is 244 Å². The van der Waals surface area contributed by atoms with Crippen LogP contribution in [0.2, 0.25) is 0 Å². The van der Waals surface area contributed by atoms with E-state index in [9.17, 15) is 27.9 Å². The van der Waals surface area contributed by atoms with Crippen molar-refractivity contribution in [3.63, 3.8) is 0 Å². The highest BCUT2D eigenvalue weighted by molar-refractivity contribution is 5.99. The molecule has 0 radical (unpaired) electrons. The number of amides is 3. The second-order valence-electron chi connectivity index (χ2n) is 10.5. The zero-order chi connectivity index (χ0) is 30.1. The highest BCUT2D eigenvalue weighted by Gasteiger charge is 2.46. The first-order chi connectivity index (χ1) is 20.7. The Morgan fingerprint density at radius 3 is 2.40 bits per heavy atom. The van der Waals surface area contributed by atoms with Gasteiger partial charge < -0.3 is 40.0 Å². The van der Waals surface area contributed by atoms with E-state index in [1.54, 1.807) is 24.3 Å². The van der Waals surface area contributed by atoms with Crippen molar-refractivity contribution in [2.75, 3.05) is 24.0 Å². The molecule has 43 heavy (non-hydrogen) atoms. The molecular formula is C30H28F3N3O7. The zero-order valence-electron chi connectivity index (χ0n) is 22.6. The molecule has 0 aliphatic carbocycles. The van der Waals surface area contributed by atoms with Crippen LogP contribution in [0.1, 0.15) is 35.4 Å². The minimum Gasteiger partial charge on any atom is -0.487 e. The van der Waals surface area contributed by atoms with Crippen molar-refractivity contribution in [3.8, 4) is 17.2 Å². The molecule has 226 valence electrons. The van der Waals surface area contributed by atoms with Crippen LogP contribution in [-0.2, 0) is 22.3 Å². The lowest BCUT2D eigenvalue weighted by Gasteiger charge is -2.37. The third-order valence-electron chi connectivity index (χ3n) is 7.57. The fourth-order valence-electron chi connectivity index (χ4n) is 5.53. The van der Waals surface area contributed by atoms with Gasteiger partial charge in [0.2, 0.25) is 12.7 Å². The molecule has 10 nitrogen and oxygen atoms in total. The number of fused-ring (bicyclic) bond motifs is 4. The number of carbonyl (C=O) groups excluding carboxylic acids is 2. The maximum absolute atomic E-state index is 12.8. The van der Waals surface area contributed by atoms with Gasteiger partial charge in [-0.15, -0.1) is 0 Å². The highest BCUT2D eigenvalue weighted by atomic mass is 19.4. The Hall–Kier alpha value is -4.49. The molecule has 1 fully saturated rings. The Morgan fingerprint density at radius 1 is 0.907 bits per heavy atom. The summed E-state index contributed by atoms with van der Waals surface area (Å²) in [7, 11) is 0. The lowest BCUT2D eigenvalue weighted by atomic mass is 9.84. The van der Waals surface area contributed by atoms with Crippen molar-refractivity contribution < 1.29 is 46.8 Å². The van der Waals surface area contributed by atoms with Gasteiger partial charge in [-0.05, 0) is 66.6 Å². The minimum atomic E-state index is -4.47. The molecule has 13 heteroatoms. The average Bonchev–Trinajstić information content (AvgIpc) is 3.59. The molecule has 1 saturated heterocycles. The maximum Gasteiger partial charge on any atom is 0.416 e. The van der Waals surface area contributed by atoms with E-state index in [1.807, 2.05) is 12.1 Å². The van der Waals surface area contributed by atoms with E-state index >= 15 is 0 Å². The third-order valence-corrected chi connectivity index (χ3v) is 7.57. The van der Waals surface area contributed by atoms with Crippen LogP contribution >= 0.6 is 0 Å². The first-order valence-electron chi connectivity index (χ1n) is 13.6. The molecule has 3 aromatic rings. The Kier molecular flexibility index (Phi) is 7.75. The van der Waals surface area contributed by atoms with Gasteiger partial charge in [-0.1, -0.05) is 6.07 Å². The molecule has 4 N–H and O–H groups in total. The molecular weight excluding hydrogens is 571 g/mol. The molecule has 3 aromatic carbocycles. The molecule has 3 heterocycles. The number of urea groups is 1. The molecule has 0 unspecified atom stereocenters. The van der Waals surface area contributed by atoms with Gasteiger partial charge in [0.05, 0.1) is 24.7 Å². The highest BCUT2D eigenvalue weighted by Crippen LogP contribution is 2.47. The second-order valence-corrected chi connectivity index (χ2v) is 10.5. The van der Waals surface area contributed by atoms with Gasteiger partial charge in [0.1, 0.15) is 18.0 Å². The van der Waals surface area contributed by atoms with Crippen LogP contribution in [0, 0.1) is 0 Å². The standard InChI is InChI=1S/C30H28F3N3O7/c31-30(32,33)17-2-4-18(5-3-17)35-29(39)36-19-6-8-23-21(10-19)22-11-20(42-26(14-37)28(22)43-23)12-27(38)34-13-16-1-7-24-25(9-16)41-15-40-24/h1-10,20,22,26,28,37H,11-15H2,(H,34,38)(H2,35,36,39)/t20-,22+,26+,28-/m1/s1. The summed E-state index contributed by atoms with van der Waals surface area (Å²) in [5, 5.41) is 18.1. The number of hydrogen-bond donors (Lipinski definition) is 4. The molecule has 3 amide bonds. The van der Waals surface area contributed by atoms with Crippen molar-refractivity contribution >= 4 is 23.3 Å². The van der Waals surface area contributed by atoms with E-state index in [4.69, 9.17) is 18.9 Å². The van der Waals surface area contributed by atoms with Crippen molar-refractivity contribution in [1.82, 2.24) is 5.32 Å². The van der Waals surface area contributed by atoms with Gasteiger partial charge in [0, 0.05) is 29.4 Å². The predicted molar refractivity (Wildman–Crippen MR) is 147 cm³/mol. The summed E-state index contributed by atoms with van der Waals surface area (Å²) in [4.78, 5) is 25.3. The number of nitrogens with one attached hydrogen (secondary N) is 3. The van der Waals surface area contributed by atoms with Gasteiger partial charge in [0.25, 0.3) is 0 Å². The van der Waals surface area contributed by atoms with E-state index in [1.165, 1.54) is 12.1 Å². The number of anilines is 2. The number of aliphatic hydroxyl groups is 1. The van der Waals surface area contributed by atoms with Gasteiger partial charge in [-0.25, -0.2) is 4.79 Å². The number of hydrogen-bond acceptors (Lipinski definition) is 7. The van der Waals surface area contributed by atoms with Crippen LogP contribution in [0.3, 0.4) is 0 Å². The van der Waals surface area contributed by atoms with E-state index in [0.717, 1.165) is 23.3 Å². The summed E-state index contributed by atoms with van der Waals surface area (Å²) in [5.74, 6) is 1.45. The Bertz CT molecular complexity index is 1520. The molecule has 0 bridgehead atoms. The summed E-state index contributed by atoms with van der Waals surface area (Å²) in [6.07, 6.45) is -5.55. The molecule has 0 aromatic heterocycles. The largest absolute Gasteiger partial charge is 0.487 e. The van der Waals surface area contributed by atoms with Crippen LogP contribution in [0.5, 0.6) is 17.2 Å². The van der Waals surface area contributed by atoms with Crippen LogP contribution in [0.15, 0.2) is 60.7 Å². The second kappa shape index (κ2) is 11.7. The summed E-state index contributed by atoms with van der Waals surface area (Å²) in [6, 6.07) is 14.0. The number of carbonyl (C=O) groups is 2. The summed E-state index contributed by atoms with van der Waals surface area (Å²) < 4.78 is 61.2. The quantitative estimate of drug-likeness (QED) is 0.308. The first-order valence-corrected chi connectivity index (χ1v) is 13.6. The van der Waals surface area contributed by atoms with Crippen LogP contribution in [-0.4, -0.2) is 48.8 Å². The van der Waals surface area contributed by atoms with E-state index in [2.05, 4.69) is 16.0 Å². The summed E-state index contributed by atoms with van der Waals surface area (Å²) >= 11 is 0. The summed E-state index contributed by atoms with van der Waals surface area (Å²) in [5.41, 5.74) is 1.48. The average molecular weight is 600 g/mol. The molecule has 0 spiro atoms. The van der Waals surface area contributed by atoms with Crippen molar-refractivity contribution in [2.45, 2.75) is 49.8 Å². The Balaban J connectivity index is 1.07. The van der Waals surface area contributed by atoms with Crippen molar-refractivity contribution in [3.05, 3.63) is 77.4 Å². The maximum atomic E-state index is 12.8. The number of benzene rings is 3. The number of ether oxygens (including phenoxy) is 4. The van der Waals surface area contributed by atoms with Gasteiger partial charge >= 0.3 is 12.2 Å². The molecule has 3 aliphatic heterocycles. The number of rotatable bonds is 7. The van der Waals surface area contributed by atoms with Gasteiger partial charge in [0.15, 0.2) is 11.5 Å². The summed E-state index contributed by atoms with van der Waals surface area (Å²) in [6.45, 7) is 0.164. The number of aliphatic hydroxyl groups excluding tert-OH is 1. The first kappa shape index (κ1) is 28.6. The lowest BCUT2D eigenvalue weighted by Crippen LogP contribution is -2.47. The lowest BCUT2D eigenvalue weighted by molar-refractivity contribution is -0.142. The fourth-order valence-corrected chi connectivity index (χ4v) is 5.53. The van der Waals surface area contributed by atoms with Gasteiger partial charge in [-0.2, -0.15) is 13.2 Å². The van der Waals surface area contributed by atoms with Crippen LogP contribution in [0.4, 0.5) is 29.3 Å². The molecule has 6 rings (SSSR count).